The van der Waals surface area contributed by atoms with Crippen molar-refractivity contribution in [3.63, 3.8) is 0 Å². The maximum atomic E-state index is 13.6. The number of methoxy groups -OCH3 is 1. The SMILES string of the molecule is COc1cc([C@H]2C(C(=O)OC3CCCC3)=C(C)NC3=C2C(=O)CC(C)(C)C3)ccc1OCc1ccccc1. The van der Waals surface area contributed by atoms with Crippen LogP contribution in [0.15, 0.2) is 71.1 Å². The van der Waals surface area contributed by atoms with Crippen molar-refractivity contribution in [3.8, 4) is 11.5 Å². The van der Waals surface area contributed by atoms with E-state index in [4.69, 9.17) is 14.2 Å². The van der Waals surface area contributed by atoms with E-state index < -0.39 is 5.92 Å². The molecule has 1 aliphatic heterocycles. The summed E-state index contributed by atoms with van der Waals surface area (Å²) in [6.07, 6.45) is 5.02. The van der Waals surface area contributed by atoms with Crippen molar-refractivity contribution in [2.24, 2.45) is 5.41 Å². The van der Waals surface area contributed by atoms with Crippen LogP contribution >= 0.6 is 0 Å². The molecule has 2 aromatic rings. The number of dihydropyridines is 1. The standard InChI is InChI=1S/C32H37NO5/c1-20-28(31(35)38-23-12-8-9-13-23)29(30-24(33-20)17-32(2,3)18-25(30)34)22-14-15-26(27(16-22)36-4)37-19-21-10-6-5-7-11-21/h5-7,10-11,14-16,23,29,33H,8-9,12-13,17-19H2,1-4H3/t29-/m0/s1. The molecule has 200 valence electrons. The van der Waals surface area contributed by atoms with E-state index in [9.17, 15) is 9.59 Å². The summed E-state index contributed by atoms with van der Waals surface area (Å²) in [6, 6.07) is 15.6. The average molecular weight is 516 g/mol. The zero-order chi connectivity index (χ0) is 26.9. The van der Waals surface area contributed by atoms with Crippen molar-refractivity contribution in [1.29, 1.82) is 0 Å². The van der Waals surface area contributed by atoms with Crippen molar-refractivity contribution in [1.82, 2.24) is 5.32 Å². The number of allylic oxidation sites excluding steroid dienone is 3. The number of Topliss-reactive ketones (excluding diaryl/α,β-unsaturated/α-hetero) is 1. The summed E-state index contributed by atoms with van der Waals surface area (Å²) in [5.74, 6) is 0.357. The van der Waals surface area contributed by atoms with Gasteiger partial charge >= 0.3 is 5.97 Å². The highest BCUT2D eigenvalue weighted by Gasteiger charge is 2.43. The minimum Gasteiger partial charge on any atom is -0.493 e. The third kappa shape index (κ3) is 5.35. The molecule has 3 aliphatic rings. The first kappa shape index (κ1) is 26.1. The van der Waals surface area contributed by atoms with E-state index in [1.807, 2.05) is 55.5 Å². The summed E-state index contributed by atoms with van der Waals surface area (Å²) in [7, 11) is 1.60. The summed E-state index contributed by atoms with van der Waals surface area (Å²) < 4.78 is 17.8. The van der Waals surface area contributed by atoms with Crippen LogP contribution in [0, 0.1) is 5.41 Å². The average Bonchev–Trinajstić information content (AvgIpc) is 3.39. The van der Waals surface area contributed by atoms with E-state index in [1.165, 1.54) is 0 Å². The van der Waals surface area contributed by atoms with E-state index in [-0.39, 0.29) is 23.3 Å². The molecule has 0 aromatic heterocycles. The molecular formula is C32H37NO5. The number of rotatable bonds is 7. The van der Waals surface area contributed by atoms with Gasteiger partial charge in [-0.2, -0.15) is 0 Å². The highest BCUT2D eigenvalue weighted by molar-refractivity contribution is 6.04. The Morgan fingerprint density at radius 2 is 1.76 bits per heavy atom. The highest BCUT2D eigenvalue weighted by Crippen LogP contribution is 2.48. The first-order chi connectivity index (χ1) is 18.3. The number of carbonyl (C=O) groups is 2. The maximum Gasteiger partial charge on any atom is 0.337 e. The van der Waals surface area contributed by atoms with Gasteiger partial charge in [0.2, 0.25) is 0 Å². The lowest BCUT2D eigenvalue weighted by atomic mass is 9.68. The zero-order valence-electron chi connectivity index (χ0n) is 22.8. The van der Waals surface area contributed by atoms with Crippen molar-refractivity contribution in [3.05, 3.63) is 82.2 Å². The number of esters is 1. The number of benzene rings is 2. The summed E-state index contributed by atoms with van der Waals surface area (Å²) in [4.78, 5) is 27.2. The third-order valence-electron chi connectivity index (χ3n) is 7.79. The smallest absolute Gasteiger partial charge is 0.337 e. The molecule has 0 radical (unpaired) electrons. The molecule has 38 heavy (non-hydrogen) atoms. The fraction of sp³-hybridized carbons (Fsp3) is 0.438. The van der Waals surface area contributed by atoms with Crippen molar-refractivity contribution in [2.45, 2.75) is 77.9 Å². The minimum atomic E-state index is -0.527. The van der Waals surface area contributed by atoms with Crippen LogP contribution in [0.1, 0.15) is 76.3 Å². The van der Waals surface area contributed by atoms with Gasteiger partial charge in [-0.1, -0.05) is 50.2 Å². The molecule has 5 rings (SSSR count). The van der Waals surface area contributed by atoms with Gasteiger partial charge in [-0.3, -0.25) is 4.79 Å². The zero-order valence-corrected chi connectivity index (χ0v) is 22.8. The van der Waals surface area contributed by atoms with Crippen LogP contribution in [0.25, 0.3) is 0 Å². The Kier molecular flexibility index (Phi) is 7.33. The maximum absolute atomic E-state index is 13.6. The van der Waals surface area contributed by atoms with Gasteiger partial charge in [-0.25, -0.2) is 4.79 Å². The largest absolute Gasteiger partial charge is 0.493 e. The summed E-state index contributed by atoms with van der Waals surface area (Å²) in [6.45, 7) is 6.53. The van der Waals surface area contributed by atoms with Crippen LogP contribution in [-0.2, 0) is 20.9 Å². The van der Waals surface area contributed by atoms with Gasteiger partial charge < -0.3 is 19.5 Å². The second-order valence-electron chi connectivity index (χ2n) is 11.4. The van der Waals surface area contributed by atoms with Gasteiger partial charge in [-0.15, -0.1) is 0 Å². The van der Waals surface area contributed by atoms with Gasteiger partial charge in [0.15, 0.2) is 17.3 Å². The monoisotopic (exact) mass is 515 g/mol. The minimum absolute atomic E-state index is 0.0655. The molecule has 0 saturated heterocycles. The Labute approximate surface area is 225 Å². The van der Waals surface area contributed by atoms with Crippen LogP contribution in [0.4, 0.5) is 0 Å². The van der Waals surface area contributed by atoms with Crippen LogP contribution in [-0.4, -0.2) is 25.0 Å². The number of nitrogens with one attached hydrogen (secondary N) is 1. The van der Waals surface area contributed by atoms with Crippen LogP contribution < -0.4 is 14.8 Å². The molecule has 6 nitrogen and oxygen atoms in total. The number of hydrogen-bond acceptors (Lipinski definition) is 6. The molecule has 1 fully saturated rings. The van der Waals surface area contributed by atoms with E-state index >= 15 is 0 Å². The second-order valence-corrected chi connectivity index (χ2v) is 11.4. The Morgan fingerprint density at radius 3 is 2.47 bits per heavy atom. The normalized spacial score (nSPS) is 21.2. The van der Waals surface area contributed by atoms with Gasteiger partial charge in [0.1, 0.15) is 12.7 Å². The molecule has 1 saturated carbocycles. The number of carbonyl (C=O) groups excluding carboxylic acids is 2. The number of ether oxygens (including phenoxy) is 3. The van der Waals surface area contributed by atoms with Crippen molar-refractivity contribution in [2.75, 3.05) is 7.11 Å². The predicted octanol–water partition coefficient (Wildman–Crippen LogP) is 6.36. The number of hydrogen-bond donors (Lipinski definition) is 1. The fourth-order valence-corrected chi connectivity index (χ4v) is 5.98. The number of ketones is 1. The molecule has 0 amide bonds. The summed E-state index contributed by atoms with van der Waals surface area (Å²) >= 11 is 0. The predicted molar refractivity (Wildman–Crippen MR) is 146 cm³/mol. The Balaban J connectivity index is 1.52. The molecule has 0 spiro atoms. The topological polar surface area (TPSA) is 73.9 Å². The lowest BCUT2D eigenvalue weighted by Gasteiger charge is -2.39. The van der Waals surface area contributed by atoms with E-state index in [0.717, 1.165) is 54.6 Å². The Morgan fingerprint density at radius 1 is 1.03 bits per heavy atom. The molecule has 0 unspecified atom stereocenters. The Bertz CT molecular complexity index is 1280. The molecule has 0 bridgehead atoms. The third-order valence-corrected chi connectivity index (χ3v) is 7.79. The van der Waals surface area contributed by atoms with Crippen LogP contribution in [0.3, 0.4) is 0 Å². The molecule has 2 aliphatic carbocycles. The van der Waals surface area contributed by atoms with Gasteiger partial charge in [0, 0.05) is 29.3 Å². The molecular weight excluding hydrogens is 478 g/mol. The molecule has 6 heteroatoms. The first-order valence-corrected chi connectivity index (χ1v) is 13.6. The van der Waals surface area contributed by atoms with E-state index in [0.29, 0.717) is 35.7 Å². The van der Waals surface area contributed by atoms with Gasteiger partial charge in [0.25, 0.3) is 0 Å². The highest BCUT2D eigenvalue weighted by atomic mass is 16.5. The lowest BCUT2D eigenvalue weighted by Crippen LogP contribution is -2.39. The van der Waals surface area contributed by atoms with Gasteiger partial charge in [-0.05, 0) is 67.7 Å². The second kappa shape index (κ2) is 10.7. The van der Waals surface area contributed by atoms with Crippen molar-refractivity contribution >= 4 is 11.8 Å². The Hall–Kier alpha value is -3.54. The van der Waals surface area contributed by atoms with E-state index in [1.54, 1.807) is 7.11 Å². The van der Waals surface area contributed by atoms with E-state index in [2.05, 4.69) is 19.2 Å². The molecule has 1 N–H and O–H groups in total. The van der Waals surface area contributed by atoms with Gasteiger partial charge in [0.05, 0.1) is 12.7 Å². The molecule has 2 aromatic carbocycles. The quantitative estimate of drug-likeness (QED) is 0.432. The van der Waals surface area contributed by atoms with Crippen LogP contribution in [0.5, 0.6) is 11.5 Å². The molecule has 1 atom stereocenters. The van der Waals surface area contributed by atoms with Crippen molar-refractivity contribution < 1.29 is 23.8 Å². The summed E-state index contributed by atoms with van der Waals surface area (Å²) in [5.41, 5.74) is 4.52. The molecule has 1 heterocycles. The first-order valence-electron chi connectivity index (χ1n) is 13.6. The summed E-state index contributed by atoms with van der Waals surface area (Å²) in [5, 5.41) is 3.42. The van der Waals surface area contributed by atoms with Crippen LogP contribution in [0.2, 0.25) is 0 Å². The fourth-order valence-electron chi connectivity index (χ4n) is 5.98. The lowest BCUT2D eigenvalue weighted by molar-refractivity contribution is -0.144.